The number of halogens is 2. The molecule has 1 aliphatic heterocycles. The van der Waals surface area contributed by atoms with Crippen molar-refractivity contribution in [2.75, 3.05) is 51.2 Å². The van der Waals surface area contributed by atoms with Crippen LogP contribution in [0.5, 0.6) is 0 Å². The lowest BCUT2D eigenvalue weighted by atomic mass is 9.93. The summed E-state index contributed by atoms with van der Waals surface area (Å²) in [6.07, 6.45) is 1.65. The number of piperazine rings is 1. The van der Waals surface area contributed by atoms with E-state index in [2.05, 4.69) is 77.5 Å². The van der Waals surface area contributed by atoms with Crippen molar-refractivity contribution in [3.63, 3.8) is 0 Å². The van der Waals surface area contributed by atoms with Crippen LogP contribution in [0.1, 0.15) is 29.9 Å². The molecule has 5 rings (SSSR count). The monoisotopic (exact) mass is 509 g/mol. The highest BCUT2D eigenvalue weighted by molar-refractivity contribution is 6.30. The van der Waals surface area contributed by atoms with Crippen LogP contribution in [0.4, 0.5) is 5.69 Å². The van der Waals surface area contributed by atoms with Crippen molar-refractivity contribution in [1.82, 2.24) is 9.80 Å². The Morgan fingerprint density at radius 2 is 1.43 bits per heavy atom. The van der Waals surface area contributed by atoms with Crippen molar-refractivity contribution in [2.45, 2.75) is 18.8 Å². The Kier molecular flexibility index (Phi) is 8.38. The molecular formula is C29H33Cl2N3O. The molecule has 184 valence electrons. The molecule has 6 heteroatoms. The van der Waals surface area contributed by atoms with E-state index >= 15 is 0 Å². The van der Waals surface area contributed by atoms with Gasteiger partial charge in [0.05, 0.1) is 0 Å². The second-order valence-electron chi connectivity index (χ2n) is 9.41. The maximum Gasteiger partial charge on any atom is 0.223 e. The van der Waals surface area contributed by atoms with Crippen molar-refractivity contribution in [1.29, 1.82) is 0 Å². The summed E-state index contributed by atoms with van der Waals surface area (Å²) < 4.78 is 0. The second kappa shape index (κ2) is 11.5. The molecule has 1 amide bonds. The van der Waals surface area contributed by atoms with Crippen molar-refractivity contribution in [3.8, 4) is 11.1 Å². The van der Waals surface area contributed by atoms with Gasteiger partial charge in [0.25, 0.3) is 0 Å². The van der Waals surface area contributed by atoms with Gasteiger partial charge in [0.1, 0.15) is 0 Å². The standard InChI is InChI=1S/C29H32ClN3O.ClH/c1-31(16-14-28-26-8-4-2-6-24(26)25-7-3-5-9-27(25)28)17-15-29(34)33-20-18-32(19-21-33)23-12-10-22(30)11-13-23;/h2-13,28H,14-21H2,1H3;1H. The lowest BCUT2D eigenvalue weighted by molar-refractivity contribution is -0.131. The first-order valence-corrected chi connectivity index (χ1v) is 12.6. The average molecular weight is 511 g/mol. The van der Waals surface area contributed by atoms with Crippen LogP contribution in [-0.4, -0.2) is 62.0 Å². The van der Waals surface area contributed by atoms with E-state index in [1.807, 2.05) is 17.0 Å². The zero-order chi connectivity index (χ0) is 23.5. The Bertz CT molecular complexity index is 1100. The van der Waals surface area contributed by atoms with Crippen LogP contribution < -0.4 is 4.90 Å². The summed E-state index contributed by atoms with van der Waals surface area (Å²) in [5.41, 5.74) is 6.79. The molecule has 0 N–H and O–H groups in total. The molecule has 0 aromatic heterocycles. The molecule has 3 aromatic rings. The third-order valence-corrected chi connectivity index (χ3v) is 7.55. The van der Waals surface area contributed by atoms with E-state index in [1.165, 1.54) is 27.9 Å². The fourth-order valence-electron chi connectivity index (χ4n) is 5.34. The Morgan fingerprint density at radius 3 is 2.03 bits per heavy atom. The Balaban J connectivity index is 0.00000289. The molecular weight excluding hydrogens is 477 g/mol. The van der Waals surface area contributed by atoms with Crippen LogP contribution in [0.15, 0.2) is 72.8 Å². The van der Waals surface area contributed by atoms with Gasteiger partial charge >= 0.3 is 0 Å². The summed E-state index contributed by atoms with van der Waals surface area (Å²) in [5, 5.41) is 0.753. The van der Waals surface area contributed by atoms with E-state index in [1.54, 1.807) is 0 Å². The Labute approximate surface area is 219 Å². The average Bonchev–Trinajstić information content (AvgIpc) is 3.20. The number of rotatable bonds is 7. The number of hydrogen-bond donors (Lipinski definition) is 0. The SMILES string of the molecule is CN(CCC(=O)N1CCN(c2ccc(Cl)cc2)CC1)CCC1c2ccccc2-c2ccccc21.Cl. The number of nitrogens with zero attached hydrogens (tertiary/aromatic N) is 3. The Morgan fingerprint density at radius 1 is 0.857 bits per heavy atom. The topological polar surface area (TPSA) is 26.8 Å². The normalized spacial score (nSPS) is 15.1. The summed E-state index contributed by atoms with van der Waals surface area (Å²) >= 11 is 6.00. The number of amides is 1. The summed E-state index contributed by atoms with van der Waals surface area (Å²) in [6.45, 7) is 5.06. The van der Waals surface area contributed by atoms with Gasteiger partial charge in [0.15, 0.2) is 0 Å². The molecule has 1 saturated heterocycles. The van der Waals surface area contributed by atoms with Gasteiger partial charge in [-0.15, -0.1) is 12.4 Å². The van der Waals surface area contributed by atoms with E-state index in [0.29, 0.717) is 12.3 Å². The van der Waals surface area contributed by atoms with E-state index in [9.17, 15) is 4.79 Å². The maximum absolute atomic E-state index is 12.8. The molecule has 1 fully saturated rings. The van der Waals surface area contributed by atoms with Crippen LogP contribution in [0.25, 0.3) is 11.1 Å². The lowest BCUT2D eigenvalue weighted by Crippen LogP contribution is -2.49. The fourth-order valence-corrected chi connectivity index (χ4v) is 5.47. The van der Waals surface area contributed by atoms with E-state index in [0.717, 1.165) is 50.7 Å². The van der Waals surface area contributed by atoms with Gasteiger partial charge in [-0.05, 0) is 66.5 Å². The van der Waals surface area contributed by atoms with Crippen LogP contribution in [-0.2, 0) is 4.79 Å². The molecule has 2 aliphatic rings. The van der Waals surface area contributed by atoms with Gasteiger partial charge in [0.2, 0.25) is 5.91 Å². The minimum Gasteiger partial charge on any atom is -0.368 e. The predicted molar refractivity (Wildman–Crippen MR) is 148 cm³/mol. The molecule has 1 heterocycles. The van der Waals surface area contributed by atoms with E-state index in [4.69, 9.17) is 11.6 Å². The molecule has 0 saturated carbocycles. The molecule has 4 nitrogen and oxygen atoms in total. The van der Waals surface area contributed by atoms with Crippen molar-refractivity contribution >= 4 is 35.6 Å². The highest BCUT2D eigenvalue weighted by Crippen LogP contribution is 2.46. The van der Waals surface area contributed by atoms with Gasteiger partial charge in [-0.1, -0.05) is 60.1 Å². The highest BCUT2D eigenvalue weighted by Gasteiger charge is 2.28. The van der Waals surface area contributed by atoms with Crippen molar-refractivity contribution in [3.05, 3.63) is 88.9 Å². The van der Waals surface area contributed by atoms with Crippen LogP contribution in [0, 0.1) is 0 Å². The van der Waals surface area contributed by atoms with Crippen molar-refractivity contribution in [2.24, 2.45) is 0 Å². The van der Waals surface area contributed by atoms with Crippen LogP contribution in [0.3, 0.4) is 0 Å². The van der Waals surface area contributed by atoms with Gasteiger partial charge in [-0.25, -0.2) is 0 Å². The first-order valence-electron chi connectivity index (χ1n) is 12.3. The first-order chi connectivity index (χ1) is 16.6. The quantitative estimate of drug-likeness (QED) is 0.394. The molecule has 35 heavy (non-hydrogen) atoms. The molecule has 3 aromatic carbocycles. The van der Waals surface area contributed by atoms with Crippen LogP contribution >= 0.6 is 24.0 Å². The zero-order valence-electron chi connectivity index (χ0n) is 20.2. The number of carbonyl (C=O) groups excluding carboxylic acids is 1. The van der Waals surface area contributed by atoms with E-state index in [-0.39, 0.29) is 18.3 Å². The van der Waals surface area contributed by atoms with Crippen LogP contribution in [0.2, 0.25) is 5.02 Å². The predicted octanol–water partition coefficient (Wildman–Crippen LogP) is 5.93. The lowest BCUT2D eigenvalue weighted by Gasteiger charge is -2.36. The third-order valence-electron chi connectivity index (χ3n) is 7.29. The van der Waals surface area contributed by atoms with Gasteiger partial charge in [-0.3, -0.25) is 4.79 Å². The van der Waals surface area contributed by atoms with Gasteiger partial charge in [-0.2, -0.15) is 0 Å². The molecule has 0 spiro atoms. The molecule has 0 bridgehead atoms. The maximum atomic E-state index is 12.8. The first kappa shape index (κ1) is 25.6. The molecule has 1 aliphatic carbocycles. The smallest absolute Gasteiger partial charge is 0.223 e. The molecule has 0 unspecified atom stereocenters. The summed E-state index contributed by atoms with van der Waals surface area (Å²) in [7, 11) is 2.14. The number of benzene rings is 3. The largest absolute Gasteiger partial charge is 0.368 e. The van der Waals surface area contributed by atoms with E-state index < -0.39 is 0 Å². The van der Waals surface area contributed by atoms with Gasteiger partial charge in [0, 0.05) is 55.8 Å². The molecule has 0 atom stereocenters. The minimum absolute atomic E-state index is 0. The number of hydrogen-bond acceptors (Lipinski definition) is 3. The number of fused-ring (bicyclic) bond motifs is 3. The minimum atomic E-state index is 0. The summed E-state index contributed by atoms with van der Waals surface area (Å²) in [5.74, 6) is 0.700. The fraction of sp³-hybridized carbons (Fsp3) is 0.345. The molecule has 0 radical (unpaired) electrons. The summed E-state index contributed by atoms with van der Waals surface area (Å²) in [6, 6.07) is 25.5. The Hall–Kier alpha value is -2.53. The number of anilines is 1. The summed E-state index contributed by atoms with van der Waals surface area (Å²) in [4.78, 5) is 19.5. The third kappa shape index (κ3) is 5.66. The zero-order valence-corrected chi connectivity index (χ0v) is 21.8. The van der Waals surface area contributed by atoms with Gasteiger partial charge < -0.3 is 14.7 Å². The second-order valence-corrected chi connectivity index (χ2v) is 9.85. The number of carbonyl (C=O) groups is 1. The van der Waals surface area contributed by atoms with Crippen molar-refractivity contribution < 1.29 is 4.79 Å². The highest BCUT2D eigenvalue weighted by atomic mass is 35.5.